The molecule has 1 N–H and O–H groups in total. The van der Waals surface area contributed by atoms with E-state index in [1.165, 1.54) is 24.3 Å². The van der Waals surface area contributed by atoms with Gasteiger partial charge in [0.2, 0.25) is 0 Å². The van der Waals surface area contributed by atoms with Crippen LogP contribution in [0.25, 0.3) is 0 Å². The van der Waals surface area contributed by atoms with Crippen molar-refractivity contribution in [2.24, 2.45) is 0 Å². The fourth-order valence-electron chi connectivity index (χ4n) is 1.88. The van der Waals surface area contributed by atoms with Gasteiger partial charge in [0.1, 0.15) is 11.6 Å². The van der Waals surface area contributed by atoms with Crippen molar-refractivity contribution in [1.29, 1.82) is 0 Å². The summed E-state index contributed by atoms with van der Waals surface area (Å²) in [6.07, 6.45) is 0. The molecular formula is C17H15BrFNO4. The fraction of sp³-hybridized carbons (Fsp3) is 0.176. The minimum atomic E-state index is -0.620. The monoisotopic (exact) mass is 395 g/mol. The van der Waals surface area contributed by atoms with Crippen LogP contribution in [0.1, 0.15) is 17.3 Å². The van der Waals surface area contributed by atoms with E-state index in [1.807, 2.05) is 0 Å². The maximum Gasteiger partial charge on any atom is 0.344 e. The van der Waals surface area contributed by atoms with Crippen molar-refractivity contribution >= 4 is 33.5 Å². The number of hydrogen-bond donors (Lipinski definition) is 1. The second kappa shape index (κ2) is 8.44. The van der Waals surface area contributed by atoms with Crippen LogP contribution in [0.5, 0.6) is 5.75 Å². The zero-order valence-electron chi connectivity index (χ0n) is 12.8. The molecule has 0 spiro atoms. The van der Waals surface area contributed by atoms with Crippen LogP contribution in [-0.2, 0) is 9.53 Å². The molecule has 2 aromatic carbocycles. The normalized spacial score (nSPS) is 10.1. The SMILES string of the molecule is CCOC(=O)COc1cccc(NC(=O)c2cc(Br)ccc2F)c1. The first kappa shape index (κ1) is 17.9. The van der Waals surface area contributed by atoms with Crippen LogP contribution in [-0.4, -0.2) is 25.1 Å². The van der Waals surface area contributed by atoms with Crippen molar-refractivity contribution in [3.8, 4) is 5.75 Å². The van der Waals surface area contributed by atoms with E-state index in [9.17, 15) is 14.0 Å². The Hall–Kier alpha value is -2.41. The Balaban J connectivity index is 2.05. The minimum absolute atomic E-state index is 0.0813. The van der Waals surface area contributed by atoms with Gasteiger partial charge in [-0.3, -0.25) is 4.79 Å². The van der Waals surface area contributed by atoms with Gasteiger partial charge in [-0.2, -0.15) is 0 Å². The first-order valence-electron chi connectivity index (χ1n) is 7.14. The molecule has 0 radical (unpaired) electrons. The largest absolute Gasteiger partial charge is 0.482 e. The van der Waals surface area contributed by atoms with Crippen LogP contribution in [0, 0.1) is 5.82 Å². The van der Waals surface area contributed by atoms with Crippen LogP contribution in [0.2, 0.25) is 0 Å². The maximum absolute atomic E-state index is 13.7. The number of carbonyl (C=O) groups is 2. The number of hydrogen-bond acceptors (Lipinski definition) is 4. The molecule has 0 heterocycles. The lowest BCUT2D eigenvalue weighted by atomic mass is 10.2. The van der Waals surface area contributed by atoms with Crippen molar-refractivity contribution < 1.29 is 23.5 Å². The van der Waals surface area contributed by atoms with E-state index in [2.05, 4.69) is 21.2 Å². The number of amides is 1. The number of halogens is 2. The van der Waals surface area contributed by atoms with E-state index < -0.39 is 17.7 Å². The highest BCUT2D eigenvalue weighted by Crippen LogP contribution is 2.20. The zero-order chi connectivity index (χ0) is 17.5. The molecule has 0 atom stereocenters. The summed E-state index contributed by atoms with van der Waals surface area (Å²) in [5.41, 5.74) is 0.336. The van der Waals surface area contributed by atoms with Gasteiger partial charge in [-0.1, -0.05) is 22.0 Å². The summed E-state index contributed by atoms with van der Waals surface area (Å²) in [6, 6.07) is 10.6. The average molecular weight is 396 g/mol. The molecule has 24 heavy (non-hydrogen) atoms. The van der Waals surface area contributed by atoms with E-state index >= 15 is 0 Å². The average Bonchev–Trinajstić information content (AvgIpc) is 2.56. The van der Waals surface area contributed by atoms with E-state index in [-0.39, 0.29) is 18.8 Å². The Bertz CT molecular complexity index is 751. The van der Waals surface area contributed by atoms with Crippen molar-refractivity contribution in [3.63, 3.8) is 0 Å². The maximum atomic E-state index is 13.7. The molecule has 1 amide bonds. The lowest BCUT2D eigenvalue weighted by Gasteiger charge is -2.09. The Morgan fingerprint density at radius 1 is 1.21 bits per heavy atom. The number of benzene rings is 2. The van der Waals surface area contributed by atoms with Crippen molar-refractivity contribution in [2.75, 3.05) is 18.5 Å². The molecule has 0 aliphatic carbocycles. The third-order valence-corrected chi connectivity index (χ3v) is 3.42. The predicted octanol–water partition coefficient (Wildman–Crippen LogP) is 3.78. The molecule has 0 fully saturated rings. The number of ether oxygens (including phenoxy) is 2. The summed E-state index contributed by atoms with van der Waals surface area (Å²) in [4.78, 5) is 23.4. The third kappa shape index (κ3) is 5.06. The molecule has 0 unspecified atom stereocenters. The molecule has 0 bridgehead atoms. The van der Waals surface area contributed by atoms with Gasteiger partial charge in [0.05, 0.1) is 12.2 Å². The van der Waals surface area contributed by atoms with Crippen LogP contribution >= 0.6 is 15.9 Å². The standard InChI is InChI=1S/C17H15BrFNO4/c1-2-23-16(21)10-24-13-5-3-4-12(9-13)20-17(22)14-8-11(18)6-7-15(14)19/h3-9H,2,10H2,1H3,(H,20,22). The summed E-state index contributed by atoms with van der Waals surface area (Å²) in [5.74, 6) is -1.31. The summed E-state index contributed by atoms with van der Waals surface area (Å²) < 4.78 is 24.4. The minimum Gasteiger partial charge on any atom is -0.482 e. The molecule has 0 saturated heterocycles. The van der Waals surface area contributed by atoms with Gasteiger partial charge in [-0.05, 0) is 37.3 Å². The van der Waals surface area contributed by atoms with E-state index in [0.29, 0.717) is 15.9 Å². The lowest BCUT2D eigenvalue weighted by Crippen LogP contribution is -2.15. The highest BCUT2D eigenvalue weighted by atomic mass is 79.9. The van der Waals surface area contributed by atoms with Gasteiger partial charge in [0.15, 0.2) is 6.61 Å². The van der Waals surface area contributed by atoms with Crippen LogP contribution in [0.4, 0.5) is 10.1 Å². The Morgan fingerprint density at radius 2 is 2.00 bits per heavy atom. The van der Waals surface area contributed by atoms with Gasteiger partial charge in [-0.25, -0.2) is 9.18 Å². The predicted molar refractivity (Wildman–Crippen MR) is 90.6 cm³/mol. The Morgan fingerprint density at radius 3 is 2.75 bits per heavy atom. The number of anilines is 1. The Labute approximate surface area is 146 Å². The fourth-order valence-corrected chi connectivity index (χ4v) is 2.24. The van der Waals surface area contributed by atoms with Gasteiger partial charge >= 0.3 is 5.97 Å². The molecule has 0 aliphatic heterocycles. The third-order valence-electron chi connectivity index (χ3n) is 2.93. The lowest BCUT2D eigenvalue weighted by molar-refractivity contribution is -0.145. The quantitative estimate of drug-likeness (QED) is 0.755. The summed E-state index contributed by atoms with van der Waals surface area (Å²) in [5, 5.41) is 2.58. The molecule has 5 nitrogen and oxygen atoms in total. The van der Waals surface area contributed by atoms with Crippen LogP contribution in [0.15, 0.2) is 46.9 Å². The number of esters is 1. The summed E-state index contributed by atoms with van der Waals surface area (Å²) >= 11 is 3.20. The number of carbonyl (C=O) groups excluding carboxylic acids is 2. The van der Waals surface area contributed by atoms with Crippen molar-refractivity contribution in [3.05, 3.63) is 58.3 Å². The smallest absolute Gasteiger partial charge is 0.344 e. The molecular weight excluding hydrogens is 381 g/mol. The first-order valence-corrected chi connectivity index (χ1v) is 7.93. The molecule has 0 aromatic heterocycles. The highest BCUT2D eigenvalue weighted by Gasteiger charge is 2.13. The summed E-state index contributed by atoms with van der Waals surface area (Å²) in [6.45, 7) is 1.75. The first-order chi connectivity index (χ1) is 11.5. The van der Waals surface area contributed by atoms with Crippen LogP contribution < -0.4 is 10.1 Å². The zero-order valence-corrected chi connectivity index (χ0v) is 14.4. The van der Waals surface area contributed by atoms with Gasteiger partial charge in [-0.15, -0.1) is 0 Å². The second-order valence-electron chi connectivity index (χ2n) is 4.70. The highest BCUT2D eigenvalue weighted by molar-refractivity contribution is 9.10. The molecule has 2 rings (SSSR count). The molecule has 0 saturated carbocycles. The Kier molecular flexibility index (Phi) is 6.31. The molecule has 0 aliphatic rings. The topological polar surface area (TPSA) is 64.6 Å². The van der Waals surface area contributed by atoms with E-state index in [1.54, 1.807) is 25.1 Å². The van der Waals surface area contributed by atoms with Crippen molar-refractivity contribution in [1.82, 2.24) is 0 Å². The molecule has 126 valence electrons. The van der Waals surface area contributed by atoms with Gasteiger partial charge in [0.25, 0.3) is 5.91 Å². The molecule has 7 heteroatoms. The molecule has 2 aromatic rings. The van der Waals surface area contributed by atoms with E-state index in [0.717, 1.165) is 0 Å². The van der Waals surface area contributed by atoms with Crippen molar-refractivity contribution in [2.45, 2.75) is 6.92 Å². The second-order valence-corrected chi connectivity index (χ2v) is 5.62. The van der Waals surface area contributed by atoms with E-state index in [4.69, 9.17) is 9.47 Å². The van der Waals surface area contributed by atoms with Crippen LogP contribution in [0.3, 0.4) is 0 Å². The number of nitrogens with one attached hydrogen (secondary N) is 1. The van der Waals surface area contributed by atoms with Gasteiger partial charge < -0.3 is 14.8 Å². The summed E-state index contributed by atoms with van der Waals surface area (Å²) in [7, 11) is 0. The van der Waals surface area contributed by atoms with Gasteiger partial charge in [0, 0.05) is 16.2 Å². The number of rotatable bonds is 6.